The Morgan fingerprint density at radius 2 is 2.35 bits per heavy atom. The van der Waals surface area contributed by atoms with Crippen molar-refractivity contribution in [3.8, 4) is 0 Å². The van der Waals surface area contributed by atoms with Gasteiger partial charge in [-0.25, -0.2) is 4.98 Å². The lowest BCUT2D eigenvalue weighted by molar-refractivity contribution is 0.0379. The Labute approximate surface area is 125 Å². The maximum atomic E-state index is 9.85. The van der Waals surface area contributed by atoms with Crippen molar-refractivity contribution in [2.24, 2.45) is 5.41 Å². The van der Waals surface area contributed by atoms with Gasteiger partial charge in [0, 0.05) is 24.4 Å². The molecule has 5 heteroatoms. The quantitative estimate of drug-likeness (QED) is 0.650. The van der Waals surface area contributed by atoms with Crippen LogP contribution in [0.1, 0.15) is 36.8 Å². The van der Waals surface area contributed by atoms with Gasteiger partial charge in [0.25, 0.3) is 0 Å². The third-order valence-electron chi connectivity index (χ3n) is 4.22. The molecule has 0 aromatic carbocycles. The molecule has 1 saturated carbocycles. The van der Waals surface area contributed by atoms with Gasteiger partial charge in [0.05, 0.1) is 30.5 Å². The van der Waals surface area contributed by atoms with E-state index in [2.05, 4.69) is 17.2 Å². The Balaban J connectivity index is 1.50. The van der Waals surface area contributed by atoms with Crippen molar-refractivity contribution < 1.29 is 9.84 Å². The summed E-state index contributed by atoms with van der Waals surface area (Å²) in [7, 11) is 0. The van der Waals surface area contributed by atoms with Crippen molar-refractivity contribution in [2.45, 2.75) is 45.6 Å². The lowest BCUT2D eigenvalue weighted by Crippen LogP contribution is -2.34. The first-order valence-corrected chi connectivity index (χ1v) is 8.39. The number of aliphatic hydroxyl groups is 1. The lowest BCUT2D eigenvalue weighted by atomic mass is 10.0. The first-order valence-electron chi connectivity index (χ1n) is 7.51. The fraction of sp³-hybridized carbons (Fsp3) is 0.800. The SMILES string of the molecule is CCC1(CNCC(O)COCCc2scnc2C)CC1. The highest BCUT2D eigenvalue weighted by molar-refractivity contribution is 7.09. The van der Waals surface area contributed by atoms with Gasteiger partial charge in [-0.2, -0.15) is 0 Å². The first-order chi connectivity index (χ1) is 9.65. The van der Waals surface area contributed by atoms with Crippen LogP contribution < -0.4 is 5.32 Å². The predicted octanol–water partition coefficient (Wildman–Crippen LogP) is 2.15. The van der Waals surface area contributed by atoms with Crippen LogP contribution >= 0.6 is 11.3 Å². The number of rotatable bonds is 10. The number of ether oxygens (including phenoxy) is 1. The lowest BCUT2D eigenvalue weighted by Gasteiger charge is -2.16. The van der Waals surface area contributed by atoms with E-state index in [1.54, 1.807) is 11.3 Å². The number of thiazole rings is 1. The molecule has 0 aliphatic heterocycles. The van der Waals surface area contributed by atoms with Gasteiger partial charge >= 0.3 is 0 Å². The molecule has 4 nitrogen and oxygen atoms in total. The molecule has 1 aliphatic rings. The van der Waals surface area contributed by atoms with Gasteiger partial charge in [-0.1, -0.05) is 6.92 Å². The largest absolute Gasteiger partial charge is 0.389 e. The van der Waals surface area contributed by atoms with Gasteiger partial charge in [0.15, 0.2) is 0 Å². The van der Waals surface area contributed by atoms with E-state index in [9.17, 15) is 5.11 Å². The molecule has 114 valence electrons. The number of nitrogens with one attached hydrogen (secondary N) is 1. The minimum absolute atomic E-state index is 0.407. The van der Waals surface area contributed by atoms with Crippen molar-refractivity contribution in [1.82, 2.24) is 10.3 Å². The summed E-state index contributed by atoms with van der Waals surface area (Å²) in [4.78, 5) is 5.49. The molecule has 2 N–H and O–H groups in total. The number of hydrogen-bond donors (Lipinski definition) is 2. The smallest absolute Gasteiger partial charge is 0.0897 e. The molecule has 1 aliphatic carbocycles. The van der Waals surface area contributed by atoms with Crippen LogP contribution in [0.4, 0.5) is 0 Å². The minimum atomic E-state index is -0.412. The molecular weight excluding hydrogens is 272 g/mol. The second-order valence-electron chi connectivity index (χ2n) is 5.82. The molecule has 0 amide bonds. The highest BCUT2D eigenvalue weighted by atomic mass is 32.1. The molecule has 1 fully saturated rings. The van der Waals surface area contributed by atoms with Crippen LogP contribution in [0, 0.1) is 12.3 Å². The van der Waals surface area contributed by atoms with Gasteiger partial charge in [-0.15, -0.1) is 11.3 Å². The summed E-state index contributed by atoms with van der Waals surface area (Å²) < 4.78 is 5.54. The fourth-order valence-corrected chi connectivity index (χ4v) is 3.11. The van der Waals surface area contributed by atoms with E-state index in [1.165, 1.54) is 24.1 Å². The van der Waals surface area contributed by atoms with Crippen molar-refractivity contribution >= 4 is 11.3 Å². The molecule has 0 radical (unpaired) electrons. The third kappa shape index (κ3) is 4.81. The maximum absolute atomic E-state index is 9.85. The van der Waals surface area contributed by atoms with Gasteiger partial charge in [-0.05, 0) is 31.6 Å². The molecule has 1 aromatic heterocycles. The van der Waals surface area contributed by atoms with Crippen molar-refractivity contribution in [2.75, 3.05) is 26.3 Å². The second-order valence-corrected chi connectivity index (χ2v) is 6.76. The van der Waals surface area contributed by atoms with Crippen LogP contribution in [0.25, 0.3) is 0 Å². The van der Waals surface area contributed by atoms with E-state index in [-0.39, 0.29) is 0 Å². The molecule has 0 bridgehead atoms. The molecular formula is C15H26N2O2S. The van der Waals surface area contributed by atoms with Crippen LogP contribution in [-0.2, 0) is 11.2 Å². The highest BCUT2D eigenvalue weighted by Crippen LogP contribution is 2.47. The van der Waals surface area contributed by atoms with Crippen LogP contribution in [0.3, 0.4) is 0 Å². The molecule has 1 atom stereocenters. The Bertz CT molecular complexity index is 404. The van der Waals surface area contributed by atoms with Gasteiger partial charge in [-0.3, -0.25) is 0 Å². The standard InChI is InChI=1S/C15H26N2O2S/c1-3-15(5-6-15)10-16-8-13(18)9-19-7-4-14-12(2)17-11-20-14/h11,13,16,18H,3-10H2,1-2H3. The summed E-state index contributed by atoms with van der Waals surface area (Å²) in [6, 6.07) is 0. The summed E-state index contributed by atoms with van der Waals surface area (Å²) in [6.07, 6.45) is 4.37. The van der Waals surface area contributed by atoms with Crippen LogP contribution in [0.5, 0.6) is 0 Å². The second kappa shape index (κ2) is 7.50. The van der Waals surface area contributed by atoms with E-state index in [1.807, 2.05) is 12.4 Å². The van der Waals surface area contributed by atoms with E-state index in [4.69, 9.17) is 4.74 Å². The van der Waals surface area contributed by atoms with Crippen LogP contribution in [0.15, 0.2) is 5.51 Å². The summed E-state index contributed by atoms with van der Waals surface area (Å²) >= 11 is 1.67. The maximum Gasteiger partial charge on any atom is 0.0897 e. The van der Waals surface area contributed by atoms with Crippen molar-refractivity contribution in [3.63, 3.8) is 0 Å². The molecule has 1 unspecified atom stereocenters. The number of aromatic nitrogens is 1. The van der Waals surface area contributed by atoms with Crippen molar-refractivity contribution in [1.29, 1.82) is 0 Å². The zero-order valence-corrected chi connectivity index (χ0v) is 13.3. The molecule has 0 spiro atoms. The number of aliphatic hydroxyl groups excluding tert-OH is 1. The van der Waals surface area contributed by atoms with E-state index in [0.717, 1.165) is 18.7 Å². The minimum Gasteiger partial charge on any atom is -0.389 e. The molecule has 2 rings (SSSR count). The summed E-state index contributed by atoms with van der Waals surface area (Å²) in [5, 5.41) is 13.2. The summed E-state index contributed by atoms with van der Waals surface area (Å²) in [6.45, 7) is 6.98. The number of nitrogens with zero attached hydrogens (tertiary/aromatic N) is 1. The molecule has 20 heavy (non-hydrogen) atoms. The van der Waals surface area contributed by atoms with Crippen LogP contribution in [-0.4, -0.2) is 42.5 Å². The summed E-state index contributed by atoms with van der Waals surface area (Å²) in [5.74, 6) is 0. The molecule has 0 saturated heterocycles. The Morgan fingerprint density at radius 3 is 2.95 bits per heavy atom. The highest BCUT2D eigenvalue weighted by Gasteiger charge is 2.39. The van der Waals surface area contributed by atoms with E-state index < -0.39 is 6.10 Å². The Kier molecular flexibility index (Phi) is 5.96. The Morgan fingerprint density at radius 1 is 1.55 bits per heavy atom. The average Bonchev–Trinajstić information content (AvgIpc) is 3.11. The van der Waals surface area contributed by atoms with Gasteiger partial charge < -0.3 is 15.2 Å². The van der Waals surface area contributed by atoms with Crippen LogP contribution in [0.2, 0.25) is 0 Å². The average molecular weight is 298 g/mol. The Hall–Kier alpha value is -0.490. The van der Waals surface area contributed by atoms with E-state index in [0.29, 0.717) is 25.2 Å². The number of hydrogen-bond acceptors (Lipinski definition) is 5. The summed E-state index contributed by atoms with van der Waals surface area (Å²) in [5.41, 5.74) is 3.49. The van der Waals surface area contributed by atoms with Gasteiger partial charge in [0.1, 0.15) is 0 Å². The normalized spacial score (nSPS) is 18.1. The van der Waals surface area contributed by atoms with Crippen molar-refractivity contribution in [3.05, 3.63) is 16.1 Å². The van der Waals surface area contributed by atoms with Gasteiger partial charge in [0.2, 0.25) is 0 Å². The fourth-order valence-electron chi connectivity index (χ4n) is 2.35. The van der Waals surface area contributed by atoms with E-state index >= 15 is 0 Å². The topological polar surface area (TPSA) is 54.4 Å². The monoisotopic (exact) mass is 298 g/mol. The third-order valence-corrected chi connectivity index (χ3v) is 5.21. The number of aryl methyl sites for hydroxylation is 1. The predicted molar refractivity (Wildman–Crippen MR) is 82.2 cm³/mol. The zero-order chi connectivity index (χ0) is 14.4. The first kappa shape index (κ1) is 15.9. The molecule has 1 aromatic rings. The zero-order valence-electron chi connectivity index (χ0n) is 12.5. The molecule has 1 heterocycles.